The molecule has 1 unspecified atom stereocenters. The molecular weight excluding hydrogens is 250 g/mol. The van der Waals surface area contributed by atoms with Gasteiger partial charge in [0.15, 0.2) is 0 Å². The Hall–Kier alpha value is -2.24. The van der Waals surface area contributed by atoms with Crippen molar-refractivity contribution in [3.05, 3.63) is 59.9 Å². The molecule has 0 aliphatic carbocycles. The van der Waals surface area contributed by atoms with Gasteiger partial charge in [-0.2, -0.15) is 0 Å². The van der Waals surface area contributed by atoms with Gasteiger partial charge in [0, 0.05) is 19.7 Å². The maximum absolute atomic E-state index is 5.75. The van der Waals surface area contributed by atoms with E-state index in [0.29, 0.717) is 6.42 Å². The summed E-state index contributed by atoms with van der Waals surface area (Å²) in [5.41, 5.74) is 4.99. The number of benzene rings is 2. The zero-order valence-corrected chi connectivity index (χ0v) is 11.3. The van der Waals surface area contributed by atoms with Gasteiger partial charge in [-0.1, -0.05) is 47.7 Å². The Balaban J connectivity index is 1.98. The number of fused-ring (bicyclic) bond motifs is 1. The SMILES string of the molecule is Cn1cc(CC(NN)c2cccc3ccccc23)nn1. The molecule has 0 aliphatic heterocycles. The molecule has 0 aliphatic rings. The standard InChI is InChI=1S/C15H17N5/c1-20-10-12(18-19-20)9-15(17-16)14-8-4-6-11-5-2-3-7-13(11)14/h2-8,10,15,17H,9,16H2,1H3. The van der Waals surface area contributed by atoms with Crippen LogP contribution in [0, 0.1) is 0 Å². The van der Waals surface area contributed by atoms with Gasteiger partial charge in [-0.05, 0) is 16.3 Å². The molecule has 0 radical (unpaired) electrons. The van der Waals surface area contributed by atoms with Crippen molar-refractivity contribution >= 4 is 10.8 Å². The highest BCUT2D eigenvalue weighted by atomic mass is 15.4. The van der Waals surface area contributed by atoms with Crippen molar-refractivity contribution in [2.75, 3.05) is 0 Å². The van der Waals surface area contributed by atoms with Crippen molar-refractivity contribution < 1.29 is 0 Å². The van der Waals surface area contributed by atoms with Crippen molar-refractivity contribution in [2.45, 2.75) is 12.5 Å². The van der Waals surface area contributed by atoms with E-state index in [1.165, 1.54) is 16.3 Å². The van der Waals surface area contributed by atoms with Crippen LogP contribution >= 0.6 is 0 Å². The van der Waals surface area contributed by atoms with Crippen LogP contribution in [0.25, 0.3) is 10.8 Å². The molecule has 2 aromatic carbocycles. The molecule has 5 heteroatoms. The molecule has 0 saturated heterocycles. The Morgan fingerprint density at radius 2 is 2.00 bits per heavy atom. The van der Waals surface area contributed by atoms with Crippen molar-refractivity contribution in [3.63, 3.8) is 0 Å². The number of nitrogens with zero attached hydrogens (tertiary/aromatic N) is 3. The first-order chi connectivity index (χ1) is 9.78. The predicted molar refractivity (Wildman–Crippen MR) is 78.7 cm³/mol. The number of aromatic nitrogens is 3. The fraction of sp³-hybridized carbons (Fsp3) is 0.200. The van der Waals surface area contributed by atoms with Crippen LogP contribution in [0.5, 0.6) is 0 Å². The van der Waals surface area contributed by atoms with Crippen LogP contribution in [-0.4, -0.2) is 15.0 Å². The van der Waals surface area contributed by atoms with Crippen LogP contribution in [0.4, 0.5) is 0 Å². The van der Waals surface area contributed by atoms with E-state index < -0.39 is 0 Å². The molecule has 5 nitrogen and oxygen atoms in total. The van der Waals surface area contributed by atoms with Gasteiger partial charge in [0.2, 0.25) is 0 Å². The van der Waals surface area contributed by atoms with E-state index >= 15 is 0 Å². The Kier molecular flexibility index (Phi) is 3.45. The summed E-state index contributed by atoms with van der Waals surface area (Å²) >= 11 is 0. The maximum atomic E-state index is 5.75. The molecular formula is C15H17N5. The van der Waals surface area contributed by atoms with E-state index in [2.05, 4.69) is 46.1 Å². The normalized spacial score (nSPS) is 12.7. The lowest BCUT2D eigenvalue weighted by atomic mass is 9.96. The fourth-order valence-electron chi connectivity index (χ4n) is 2.51. The molecule has 3 rings (SSSR count). The number of nitrogens with two attached hydrogens (primary N) is 1. The Labute approximate surface area is 117 Å². The largest absolute Gasteiger partial charge is 0.271 e. The molecule has 0 fully saturated rings. The number of nitrogens with one attached hydrogen (secondary N) is 1. The first-order valence-corrected chi connectivity index (χ1v) is 6.57. The summed E-state index contributed by atoms with van der Waals surface area (Å²) in [6.07, 6.45) is 2.62. The second-order valence-corrected chi connectivity index (χ2v) is 4.88. The minimum Gasteiger partial charge on any atom is -0.271 e. The van der Waals surface area contributed by atoms with Gasteiger partial charge in [-0.15, -0.1) is 5.10 Å². The summed E-state index contributed by atoms with van der Waals surface area (Å²) in [7, 11) is 1.86. The minimum absolute atomic E-state index is 0.0119. The second kappa shape index (κ2) is 5.40. The third kappa shape index (κ3) is 2.41. The maximum Gasteiger partial charge on any atom is 0.0846 e. The minimum atomic E-state index is 0.0119. The van der Waals surface area contributed by atoms with Gasteiger partial charge in [0.25, 0.3) is 0 Å². The quantitative estimate of drug-likeness (QED) is 0.558. The van der Waals surface area contributed by atoms with Crippen molar-refractivity contribution in [2.24, 2.45) is 12.9 Å². The topological polar surface area (TPSA) is 68.8 Å². The molecule has 20 heavy (non-hydrogen) atoms. The zero-order chi connectivity index (χ0) is 13.9. The van der Waals surface area contributed by atoms with Gasteiger partial charge >= 0.3 is 0 Å². The van der Waals surface area contributed by atoms with Crippen molar-refractivity contribution in [3.8, 4) is 0 Å². The van der Waals surface area contributed by atoms with Crippen LogP contribution in [0.1, 0.15) is 17.3 Å². The molecule has 1 aromatic heterocycles. The van der Waals surface area contributed by atoms with Gasteiger partial charge in [0.1, 0.15) is 0 Å². The third-order valence-corrected chi connectivity index (χ3v) is 3.46. The number of hydrogen-bond acceptors (Lipinski definition) is 4. The van der Waals surface area contributed by atoms with Crippen LogP contribution < -0.4 is 11.3 Å². The van der Waals surface area contributed by atoms with E-state index in [-0.39, 0.29) is 6.04 Å². The van der Waals surface area contributed by atoms with E-state index in [1.54, 1.807) is 4.68 Å². The number of hydrogen-bond donors (Lipinski definition) is 2. The number of rotatable bonds is 4. The lowest BCUT2D eigenvalue weighted by Crippen LogP contribution is -2.29. The summed E-state index contributed by atoms with van der Waals surface area (Å²) in [5, 5.41) is 10.5. The summed E-state index contributed by atoms with van der Waals surface area (Å²) in [5.74, 6) is 5.75. The summed E-state index contributed by atoms with van der Waals surface area (Å²) in [6.45, 7) is 0. The van der Waals surface area contributed by atoms with E-state index in [9.17, 15) is 0 Å². The first kappa shape index (κ1) is 12.8. The third-order valence-electron chi connectivity index (χ3n) is 3.46. The molecule has 1 heterocycles. The van der Waals surface area contributed by atoms with Crippen LogP contribution in [0.2, 0.25) is 0 Å². The molecule has 0 bridgehead atoms. The van der Waals surface area contributed by atoms with E-state index in [4.69, 9.17) is 5.84 Å². The Morgan fingerprint density at radius 3 is 2.75 bits per heavy atom. The molecule has 3 N–H and O–H groups in total. The highest BCUT2D eigenvalue weighted by Crippen LogP contribution is 2.25. The van der Waals surface area contributed by atoms with Crippen molar-refractivity contribution in [1.82, 2.24) is 20.4 Å². The fourth-order valence-corrected chi connectivity index (χ4v) is 2.51. The Bertz CT molecular complexity index is 714. The Morgan fingerprint density at radius 1 is 1.20 bits per heavy atom. The van der Waals surface area contributed by atoms with Gasteiger partial charge in [-0.3, -0.25) is 16.0 Å². The average molecular weight is 267 g/mol. The average Bonchev–Trinajstić information content (AvgIpc) is 2.89. The summed E-state index contributed by atoms with van der Waals surface area (Å²) in [6, 6.07) is 14.6. The monoisotopic (exact) mass is 267 g/mol. The lowest BCUT2D eigenvalue weighted by Gasteiger charge is -2.17. The molecule has 1 atom stereocenters. The van der Waals surface area contributed by atoms with E-state index in [1.807, 2.05) is 25.4 Å². The van der Waals surface area contributed by atoms with Crippen LogP contribution in [0.15, 0.2) is 48.7 Å². The smallest absolute Gasteiger partial charge is 0.0846 e. The van der Waals surface area contributed by atoms with Crippen LogP contribution in [0.3, 0.4) is 0 Å². The molecule has 0 amide bonds. The summed E-state index contributed by atoms with van der Waals surface area (Å²) in [4.78, 5) is 0. The lowest BCUT2D eigenvalue weighted by molar-refractivity contribution is 0.549. The van der Waals surface area contributed by atoms with Gasteiger partial charge < -0.3 is 0 Å². The predicted octanol–water partition coefficient (Wildman–Crippen LogP) is 1.72. The van der Waals surface area contributed by atoms with Crippen molar-refractivity contribution in [1.29, 1.82) is 0 Å². The molecule has 0 saturated carbocycles. The molecule has 0 spiro atoms. The van der Waals surface area contributed by atoms with Crippen LogP contribution in [-0.2, 0) is 13.5 Å². The first-order valence-electron chi connectivity index (χ1n) is 6.57. The van der Waals surface area contributed by atoms with Gasteiger partial charge in [-0.25, -0.2) is 0 Å². The van der Waals surface area contributed by atoms with E-state index in [0.717, 1.165) is 5.69 Å². The highest BCUT2D eigenvalue weighted by molar-refractivity contribution is 5.86. The van der Waals surface area contributed by atoms with Gasteiger partial charge in [0.05, 0.1) is 11.7 Å². The number of aryl methyl sites for hydroxylation is 1. The zero-order valence-electron chi connectivity index (χ0n) is 11.3. The molecule has 102 valence electrons. The number of hydrazine groups is 1. The highest BCUT2D eigenvalue weighted by Gasteiger charge is 2.15. The second-order valence-electron chi connectivity index (χ2n) is 4.88. The summed E-state index contributed by atoms with van der Waals surface area (Å²) < 4.78 is 1.70. The molecule has 3 aromatic rings.